The Morgan fingerprint density at radius 2 is 2.40 bits per heavy atom. The molecule has 0 saturated heterocycles. The van der Waals surface area contributed by atoms with E-state index in [1.54, 1.807) is 0 Å². The molecule has 1 aliphatic carbocycles. The van der Waals surface area contributed by atoms with Gasteiger partial charge in [-0.25, -0.2) is 4.98 Å². The van der Waals surface area contributed by atoms with Crippen LogP contribution >= 0.6 is 11.5 Å². The Balaban J connectivity index is 1.99. The second-order valence-electron chi connectivity index (χ2n) is 4.12. The van der Waals surface area contributed by atoms with E-state index in [0.29, 0.717) is 5.92 Å². The van der Waals surface area contributed by atoms with E-state index in [1.807, 2.05) is 18.9 Å². The molecule has 0 N–H and O–H groups in total. The SMILES string of the molecule is CC(C#N)CN(C)c1nc(C2CC2)ns1. The van der Waals surface area contributed by atoms with Crippen molar-refractivity contribution in [3.63, 3.8) is 0 Å². The van der Waals surface area contributed by atoms with E-state index in [9.17, 15) is 0 Å². The number of rotatable bonds is 4. The second-order valence-corrected chi connectivity index (χ2v) is 4.85. The maximum Gasteiger partial charge on any atom is 0.204 e. The maximum atomic E-state index is 8.72. The molecule has 0 radical (unpaired) electrons. The number of aromatic nitrogens is 2. The summed E-state index contributed by atoms with van der Waals surface area (Å²) in [7, 11) is 1.96. The summed E-state index contributed by atoms with van der Waals surface area (Å²) in [6.07, 6.45) is 2.46. The first kappa shape index (κ1) is 10.4. The van der Waals surface area contributed by atoms with Crippen molar-refractivity contribution in [1.82, 2.24) is 9.36 Å². The van der Waals surface area contributed by atoms with Crippen LogP contribution in [0.15, 0.2) is 0 Å². The normalized spacial score (nSPS) is 17.1. The molecule has 1 aliphatic rings. The molecule has 0 aliphatic heterocycles. The first-order chi connectivity index (χ1) is 7.20. The number of nitrogens with zero attached hydrogens (tertiary/aromatic N) is 4. The minimum absolute atomic E-state index is 0.0308. The lowest BCUT2D eigenvalue weighted by molar-refractivity contribution is 0.713. The van der Waals surface area contributed by atoms with Gasteiger partial charge in [0.25, 0.3) is 0 Å². The van der Waals surface area contributed by atoms with E-state index < -0.39 is 0 Å². The summed E-state index contributed by atoms with van der Waals surface area (Å²) in [5.74, 6) is 1.63. The Kier molecular flexibility index (Phi) is 2.87. The first-order valence-electron chi connectivity index (χ1n) is 5.15. The Morgan fingerprint density at radius 3 is 3.00 bits per heavy atom. The number of hydrogen-bond acceptors (Lipinski definition) is 5. The predicted octanol–water partition coefficient (Wildman–Crippen LogP) is 2.01. The van der Waals surface area contributed by atoms with Crippen molar-refractivity contribution in [3.8, 4) is 6.07 Å². The van der Waals surface area contributed by atoms with E-state index in [0.717, 1.165) is 17.5 Å². The van der Waals surface area contributed by atoms with E-state index in [4.69, 9.17) is 5.26 Å². The van der Waals surface area contributed by atoms with Gasteiger partial charge in [-0.05, 0) is 19.8 Å². The zero-order valence-corrected chi connectivity index (χ0v) is 9.79. The van der Waals surface area contributed by atoms with E-state index in [-0.39, 0.29) is 5.92 Å². The highest BCUT2D eigenvalue weighted by Gasteiger charge is 2.28. The average molecular weight is 222 g/mol. The largest absolute Gasteiger partial charge is 0.349 e. The average Bonchev–Trinajstić information content (AvgIpc) is 2.96. The van der Waals surface area contributed by atoms with Crippen LogP contribution in [0.4, 0.5) is 5.13 Å². The molecule has 1 aromatic rings. The van der Waals surface area contributed by atoms with E-state index >= 15 is 0 Å². The van der Waals surface area contributed by atoms with Gasteiger partial charge in [-0.1, -0.05) is 0 Å². The number of nitriles is 1. The fraction of sp³-hybridized carbons (Fsp3) is 0.700. The summed E-state index contributed by atoms with van der Waals surface area (Å²) in [6, 6.07) is 2.22. The molecular formula is C10H14N4S. The molecule has 0 amide bonds. The van der Waals surface area contributed by atoms with Crippen molar-refractivity contribution < 1.29 is 0 Å². The van der Waals surface area contributed by atoms with Gasteiger partial charge in [0.2, 0.25) is 5.13 Å². The van der Waals surface area contributed by atoms with Crippen LogP contribution in [0.3, 0.4) is 0 Å². The maximum absolute atomic E-state index is 8.72. The molecule has 4 nitrogen and oxygen atoms in total. The van der Waals surface area contributed by atoms with Gasteiger partial charge in [-0.3, -0.25) is 0 Å². The van der Waals surface area contributed by atoms with Gasteiger partial charge in [0.05, 0.1) is 12.0 Å². The molecule has 0 spiro atoms. The highest BCUT2D eigenvalue weighted by molar-refractivity contribution is 7.09. The van der Waals surface area contributed by atoms with Crippen molar-refractivity contribution in [2.24, 2.45) is 5.92 Å². The molecule has 80 valence electrons. The third kappa shape index (κ3) is 2.45. The lowest BCUT2D eigenvalue weighted by Gasteiger charge is -2.15. The van der Waals surface area contributed by atoms with Crippen molar-refractivity contribution in [2.45, 2.75) is 25.7 Å². The van der Waals surface area contributed by atoms with Crippen molar-refractivity contribution in [1.29, 1.82) is 5.26 Å². The van der Waals surface area contributed by atoms with Crippen LogP contribution in [0.1, 0.15) is 31.5 Å². The predicted molar refractivity (Wildman–Crippen MR) is 59.9 cm³/mol. The van der Waals surface area contributed by atoms with Crippen LogP contribution in [0.25, 0.3) is 0 Å². The van der Waals surface area contributed by atoms with Crippen LogP contribution in [0, 0.1) is 17.2 Å². The lowest BCUT2D eigenvalue weighted by Crippen LogP contribution is -2.22. The van der Waals surface area contributed by atoms with Gasteiger partial charge in [0.1, 0.15) is 5.82 Å². The molecule has 1 fully saturated rings. The Labute approximate surface area is 93.7 Å². The van der Waals surface area contributed by atoms with Crippen molar-refractivity contribution >= 4 is 16.7 Å². The summed E-state index contributed by atoms with van der Waals surface area (Å²) in [5.41, 5.74) is 0. The van der Waals surface area contributed by atoms with Crippen LogP contribution in [-0.4, -0.2) is 22.9 Å². The monoisotopic (exact) mass is 222 g/mol. The van der Waals surface area contributed by atoms with E-state index in [1.165, 1.54) is 24.4 Å². The van der Waals surface area contributed by atoms with Crippen LogP contribution in [-0.2, 0) is 0 Å². The minimum Gasteiger partial charge on any atom is -0.349 e. The summed E-state index contributed by atoms with van der Waals surface area (Å²) in [6.45, 7) is 2.63. The molecule has 0 bridgehead atoms. The fourth-order valence-corrected chi connectivity index (χ4v) is 2.13. The van der Waals surface area contributed by atoms with Gasteiger partial charge < -0.3 is 4.90 Å². The fourth-order valence-electron chi connectivity index (χ4n) is 1.42. The van der Waals surface area contributed by atoms with Gasteiger partial charge >= 0.3 is 0 Å². The highest BCUT2D eigenvalue weighted by atomic mass is 32.1. The van der Waals surface area contributed by atoms with Crippen molar-refractivity contribution in [2.75, 3.05) is 18.5 Å². The molecule has 1 atom stereocenters. The Bertz CT molecular complexity index is 377. The smallest absolute Gasteiger partial charge is 0.204 e. The second kappa shape index (κ2) is 4.15. The third-order valence-corrected chi connectivity index (χ3v) is 3.31. The van der Waals surface area contributed by atoms with Crippen molar-refractivity contribution in [3.05, 3.63) is 5.82 Å². The first-order valence-corrected chi connectivity index (χ1v) is 5.92. The molecule has 0 aromatic carbocycles. The summed E-state index contributed by atoms with van der Waals surface area (Å²) < 4.78 is 4.34. The van der Waals surface area contributed by atoms with Crippen LogP contribution in [0.2, 0.25) is 0 Å². The van der Waals surface area contributed by atoms with E-state index in [2.05, 4.69) is 15.4 Å². The molecular weight excluding hydrogens is 208 g/mol. The highest BCUT2D eigenvalue weighted by Crippen LogP contribution is 2.39. The van der Waals surface area contributed by atoms with Crippen LogP contribution < -0.4 is 4.90 Å². The topological polar surface area (TPSA) is 52.8 Å². The summed E-state index contributed by atoms with van der Waals surface area (Å²) >= 11 is 1.43. The molecule has 2 rings (SSSR count). The number of hydrogen-bond donors (Lipinski definition) is 0. The van der Waals surface area contributed by atoms with Gasteiger partial charge in [0.15, 0.2) is 0 Å². The lowest BCUT2D eigenvalue weighted by atomic mass is 10.2. The zero-order chi connectivity index (χ0) is 10.8. The van der Waals surface area contributed by atoms with Gasteiger partial charge in [-0.2, -0.15) is 9.64 Å². The van der Waals surface area contributed by atoms with Crippen LogP contribution in [0.5, 0.6) is 0 Å². The zero-order valence-electron chi connectivity index (χ0n) is 8.97. The number of anilines is 1. The van der Waals surface area contributed by atoms with Gasteiger partial charge in [-0.15, -0.1) is 0 Å². The minimum atomic E-state index is 0.0308. The summed E-state index contributed by atoms with van der Waals surface area (Å²) in [5, 5.41) is 9.65. The molecule has 1 heterocycles. The Morgan fingerprint density at radius 1 is 1.67 bits per heavy atom. The summed E-state index contributed by atoms with van der Waals surface area (Å²) in [4.78, 5) is 6.49. The molecule has 1 unspecified atom stereocenters. The molecule has 15 heavy (non-hydrogen) atoms. The Hall–Kier alpha value is -1.15. The quantitative estimate of drug-likeness (QED) is 0.782. The van der Waals surface area contributed by atoms with Gasteiger partial charge in [0, 0.05) is 31.0 Å². The standard InChI is InChI=1S/C10H14N4S/c1-7(5-11)6-14(2)10-12-9(13-15-10)8-3-4-8/h7-8H,3-4,6H2,1-2H3. The molecule has 5 heteroatoms. The third-order valence-electron chi connectivity index (χ3n) is 2.47. The molecule has 1 saturated carbocycles. The molecule has 1 aromatic heterocycles.